The lowest BCUT2D eigenvalue weighted by atomic mass is 9.84. The van der Waals surface area contributed by atoms with Gasteiger partial charge in [-0.25, -0.2) is 0 Å². The first-order chi connectivity index (χ1) is 11.3. The second kappa shape index (κ2) is 7.63. The van der Waals surface area contributed by atoms with Gasteiger partial charge < -0.3 is 5.11 Å². The number of rotatable bonds is 6. The quantitative estimate of drug-likeness (QED) is 0.833. The van der Waals surface area contributed by atoms with Crippen LogP contribution in [0.2, 0.25) is 0 Å². The summed E-state index contributed by atoms with van der Waals surface area (Å²) in [5.41, 5.74) is 1.88. The molecular weight excluding hydrogens is 298 g/mol. The van der Waals surface area contributed by atoms with Crippen LogP contribution in [0, 0.1) is 5.41 Å². The van der Waals surface area contributed by atoms with Crippen molar-refractivity contribution in [3.63, 3.8) is 0 Å². The number of hydrogen-bond donors (Lipinski definition) is 1. The maximum atomic E-state index is 12.1. The van der Waals surface area contributed by atoms with Gasteiger partial charge in [-0.05, 0) is 23.5 Å². The van der Waals surface area contributed by atoms with Crippen LogP contribution in [0.15, 0.2) is 60.7 Å². The highest BCUT2D eigenvalue weighted by molar-refractivity contribution is 5.74. The highest BCUT2D eigenvalue weighted by atomic mass is 16.4. The molecule has 0 heterocycles. The van der Waals surface area contributed by atoms with Crippen molar-refractivity contribution in [2.24, 2.45) is 5.41 Å². The minimum atomic E-state index is -0.777. The monoisotopic (exact) mass is 325 g/mol. The molecule has 3 nitrogen and oxygen atoms in total. The lowest BCUT2D eigenvalue weighted by Gasteiger charge is -2.41. The van der Waals surface area contributed by atoms with Crippen molar-refractivity contribution >= 4 is 5.97 Å². The van der Waals surface area contributed by atoms with Gasteiger partial charge in [0.1, 0.15) is 6.04 Å². The minimum Gasteiger partial charge on any atom is -0.480 e. The molecule has 2 aromatic carbocycles. The summed E-state index contributed by atoms with van der Waals surface area (Å²) in [6, 6.07) is 19.6. The summed E-state index contributed by atoms with van der Waals surface area (Å²) < 4.78 is 0. The molecule has 0 radical (unpaired) electrons. The first-order valence-corrected chi connectivity index (χ1v) is 8.38. The van der Waals surface area contributed by atoms with Crippen molar-refractivity contribution < 1.29 is 9.90 Å². The molecule has 2 rings (SSSR count). The number of carbonyl (C=O) groups is 1. The maximum absolute atomic E-state index is 12.1. The van der Waals surface area contributed by atoms with E-state index in [2.05, 4.69) is 24.0 Å². The Morgan fingerprint density at radius 3 is 1.96 bits per heavy atom. The van der Waals surface area contributed by atoms with Gasteiger partial charge in [-0.15, -0.1) is 0 Å². The second-order valence-electron chi connectivity index (χ2n) is 7.35. The lowest BCUT2D eigenvalue weighted by molar-refractivity contribution is -0.149. The lowest BCUT2D eigenvalue weighted by Crippen LogP contribution is -2.49. The minimum absolute atomic E-state index is 0.00623. The van der Waals surface area contributed by atoms with Crippen LogP contribution < -0.4 is 0 Å². The molecule has 0 aliphatic heterocycles. The highest BCUT2D eigenvalue weighted by Gasteiger charge is 2.39. The number of aliphatic carboxylic acids is 1. The number of hydrogen-bond acceptors (Lipinski definition) is 2. The number of benzene rings is 2. The standard InChI is InChI=1S/C21H27NO2/c1-16(18-13-9-6-10-14-18)22(15-17-11-7-5-8-12-17)19(20(23)24)21(2,3)4/h5-14,16,19H,15H2,1-4H3,(H,23,24)/t16-,19+/m1/s1. The van der Waals surface area contributed by atoms with E-state index in [0.717, 1.165) is 11.1 Å². The zero-order valence-electron chi connectivity index (χ0n) is 14.9. The van der Waals surface area contributed by atoms with Gasteiger partial charge in [0.2, 0.25) is 0 Å². The van der Waals surface area contributed by atoms with Crippen LogP contribution in [0.1, 0.15) is 44.9 Å². The fraction of sp³-hybridized carbons (Fsp3) is 0.381. The van der Waals surface area contributed by atoms with E-state index in [1.54, 1.807) is 0 Å². The van der Waals surface area contributed by atoms with Crippen LogP contribution in [0.25, 0.3) is 0 Å². The van der Waals surface area contributed by atoms with Crippen LogP contribution in [0.4, 0.5) is 0 Å². The highest BCUT2D eigenvalue weighted by Crippen LogP contribution is 2.33. The molecule has 0 bridgehead atoms. The molecule has 0 saturated carbocycles. The molecular formula is C21H27NO2. The van der Waals surface area contributed by atoms with Gasteiger partial charge in [-0.1, -0.05) is 81.4 Å². The van der Waals surface area contributed by atoms with Crippen LogP contribution in [0.5, 0.6) is 0 Å². The Kier molecular flexibility index (Phi) is 5.79. The van der Waals surface area contributed by atoms with E-state index >= 15 is 0 Å². The molecule has 0 aromatic heterocycles. The molecule has 2 atom stereocenters. The zero-order chi connectivity index (χ0) is 17.7. The summed E-state index contributed by atoms with van der Waals surface area (Å²) in [6.07, 6.45) is 0. The third-order valence-corrected chi connectivity index (χ3v) is 4.37. The predicted octanol–water partition coefficient (Wildman–Crippen LogP) is 4.75. The number of carboxylic acid groups (broad SMARTS) is 1. The second-order valence-corrected chi connectivity index (χ2v) is 7.35. The number of carboxylic acids is 1. The van der Waals surface area contributed by atoms with Gasteiger partial charge in [-0.2, -0.15) is 0 Å². The Morgan fingerprint density at radius 1 is 1.00 bits per heavy atom. The van der Waals surface area contributed by atoms with E-state index in [0.29, 0.717) is 6.54 Å². The fourth-order valence-electron chi connectivity index (χ4n) is 3.18. The SMILES string of the molecule is C[C@H](c1ccccc1)N(Cc1ccccc1)[C@@H](C(=O)O)C(C)(C)C. The molecule has 0 unspecified atom stereocenters. The van der Waals surface area contributed by atoms with Gasteiger partial charge in [0.15, 0.2) is 0 Å². The van der Waals surface area contributed by atoms with Crippen LogP contribution in [0.3, 0.4) is 0 Å². The van der Waals surface area contributed by atoms with Crippen molar-refractivity contribution in [3.8, 4) is 0 Å². The first-order valence-electron chi connectivity index (χ1n) is 8.38. The average molecular weight is 325 g/mol. The molecule has 24 heavy (non-hydrogen) atoms. The van der Waals surface area contributed by atoms with Crippen LogP contribution in [-0.4, -0.2) is 22.0 Å². The third-order valence-electron chi connectivity index (χ3n) is 4.37. The van der Waals surface area contributed by atoms with E-state index in [-0.39, 0.29) is 11.5 Å². The Balaban J connectivity index is 2.42. The summed E-state index contributed by atoms with van der Waals surface area (Å²) in [4.78, 5) is 14.2. The van der Waals surface area contributed by atoms with E-state index in [4.69, 9.17) is 0 Å². The van der Waals surface area contributed by atoms with Crippen molar-refractivity contribution in [2.75, 3.05) is 0 Å². The Hall–Kier alpha value is -2.13. The largest absolute Gasteiger partial charge is 0.480 e. The summed E-state index contributed by atoms with van der Waals surface area (Å²) in [5, 5.41) is 9.91. The van der Waals surface area contributed by atoms with Crippen molar-refractivity contribution in [1.29, 1.82) is 0 Å². The molecule has 1 N–H and O–H groups in total. The van der Waals surface area contributed by atoms with E-state index in [1.165, 1.54) is 0 Å². The molecule has 2 aromatic rings. The molecule has 0 amide bonds. The van der Waals surface area contributed by atoms with E-state index in [1.807, 2.05) is 69.3 Å². The summed E-state index contributed by atoms with van der Waals surface area (Å²) >= 11 is 0. The van der Waals surface area contributed by atoms with Gasteiger partial charge in [-0.3, -0.25) is 9.69 Å². The zero-order valence-corrected chi connectivity index (χ0v) is 14.9. The van der Waals surface area contributed by atoms with Crippen molar-refractivity contribution in [2.45, 2.75) is 46.3 Å². The summed E-state index contributed by atoms with van der Waals surface area (Å²) in [6.45, 7) is 8.65. The Bertz CT molecular complexity index is 647. The topological polar surface area (TPSA) is 40.5 Å². The third kappa shape index (κ3) is 4.45. The van der Waals surface area contributed by atoms with E-state index < -0.39 is 12.0 Å². The van der Waals surface area contributed by atoms with Gasteiger partial charge >= 0.3 is 5.97 Å². The molecule has 0 aliphatic carbocycles. The summed E-state index contributed by atoms with van der Waals surface area (Å²) in [7, 11) is 0. The molecule has 3 heteroatoms. The average Bonchev–Trinajstić information content (AvgIpc) is 2.53. The van der Waals surface area contributed by atoms with Crippen LogP contribution >= 0.6 is 0 Å². The van der Waals surface area contributed by atoms with Gasteiger partial charge in [0, 0.05) is 12.6 Å². The normalized spacial score (nSPS) is 14.4. The predicted molar refractivity (Wildman–Crippen MR) is 97.7 cm³/mol. The Labute approximate surface area is 144 Å². The van der Waals surface area contributed by atoms with E-state index in [9.17, 15) is 9.90 Å². The molecule has 0 saturated heterocycles. The maximum Gasteiger partial charge on any atom is 0.321 e. The molecule has 0 fully saturated rings. The van der Waals surface area contributed by atoms with Crippen molar-refractivity contribution in [1.82, 2.24) is 4.90 Å². The van der Waals surface area contributed by atoms with Crippen molar-refractivity contribution in [3.05, 3.63) is 71.8 Å². The fourth-order valence-corrected chi connectivity index (χ4v) is 3.18. The van der Waals surface area contributed by atoms with Crippen LogP contribution in [-0.2, 0) is 11.3 Å². The van der Waals surface area contributed by atoms with Gasteiger partial charge in [0.25, 0.3) is 0 Å². The number of nitrogens with zero attached hydrogens (tertiary/aromatic N) is 1. The Morgan fingerprint density at radius 2 is 1.50 bits per heavy atom. The summed E-state index contributed by atoms with van der Waals surface area (Å²) in [5.74, 6) is -0.777. The first kappa shape index (κ1) is 18.2. The molecule has 128 valence electrons. The van der Waals surface area contributed by atoms with Gasteiger partial charge in [0.05, 0.1) is 0 Å². The molecule has 0 aliphatic rings. The molecule has 0 spiro atoms. The smallest absolute Gasteiger partial charge is 0.321 e.